The summed E-state index contributed by atoms with van der Waals surface area (Å²) in [7, 11) is 0. The van der Waals surface area contributed by atoms with Crippen LogP contribution in [0.2, 0.25) is 0 Å². The zero-order chi connectivity index (χ0) is 43.6. The zero-order valence-corrected chi connectivity index (χ0v) is 36.0. The van der Waals surface area contributed by atoms with Gasteiger partial charge in [0.25, 0.3) is 0 Å². The molecule has 0 N–H and O–H groups in total. The molecule has 1 aromatic heterocycles. The second-order valence-corrected chi connectivity index (χ2v) is 17.3. The van der Waals surface area contributed by atoms with Crippen LogP contribution in [-0.2, 0) is 0 Å². The van der Waals surface area contributed by atoms with Crippen LogP contribution in [0.1, 0.15) is 5.56 Å². The fourth-order valence-corrected chi connectivity index (χ4v) is 10.4. The summed E-state index contributed by atoms with van der Waals surface area (Å²) in [6, 6.07) is 79.3. The number of imidazole rings is 1. The number of aromatic nitrogens is 2. The molecule has 2 aliphatic rings. The lowest BCUT2D eigenvalue weighted by Crippen LogP contribution is -2.39. The fraction of sp³-hybridized carbons (Fsp3) is 0.0323. The maximum Gasteiger partial charge on any atom is 0.145 e. The van der Waals surface area contributed by atoms with Crippen LogP contribution in [0.15, 0.2) is 248 Å². The SMILES string of the molecule is C1=CC2N=C(c3ccc(-c4c5ccccc5c(-c5ccc(-c6nc7ccccc7n6-c6ccccc6)cc5)c5cc(-c6ccc7ccccc7c6)ccc45)cc3)N(c3ccccc3)C2C=C1. The van der Waals surface area contributed by atoms with E-state index in [2.05, 4.69) is 252 Å². The highest BCUT2D eigenvalue weighted by Gasteiger charge is 2.35. The molecule has 0 fully saturated rings. The van der Waals surface area contributed by atoms with Crippen LogP contribution in [0, 0.1) is 0 Å². The first-order valence-corrected chi connectivity index (χ1v) is 22.7. The molecule has 0 saturated heterocycles. The van der Waals surface area contributed by atoms with Gasteiger partial charge in [-0.1, -0.05) is 194 Å². The number of rotatable bonds is 7. The lowest BCUT2D eigenvalue weighted by atomic mass is 9.84. The number of benzene rings is 10. The van der Waals surface area contributed by atoms with Crippen molar-refractivity contribution in [3.8, 4) is 50.5 Å². The van der Waals surface area contributed by atoms with Gasteiger partial charge >= 0.3 is 0 Å². The Balaban J connectivity index is 0.981. The van der Waals surface area contributed by atoms with Gasteiger partial charge in [-0.25, -0.2) is 4.98 Å². The van der Waals surface area contributed by atoms with E-state index in [-0.39, 0.29) is 12.1 Å². The number of anilines is 1. The third-order valence-corrected chi connectivity index (χ3v) is 13.5. The first-order valence-electron chi connectivity index (χ1n) is 22.7. The Morgan fingerprint density at radius 3 is 1.68 bits per heavy atom. The summed E-state index contributed by atoms with van der Waals surface area (Å²) >= 11 is 0. The van der Waals surface area contributed by atoms with Crippen LogP contribution >= 0.6 is 0 Å². The molecule has 1 aliphatic heterocycles. The van der Waals surface area contributed by atoms with Crippen molar-refractivity contribution in [2.75, 3.05) is 4.90 Å². The quantitative estimate of drug-likeness (QED) is 0.150. The molecule has 4 heteroatoms. The maximum atomic E-state index is 5.30. The summed E-state index contributed by atoms with van der Waals surface area (Å²) < 4.78 is 2.27. The van der Waals surface area contributed by atoms with Gasteiger partial charge in [-0.15, -0.1) is 0 Å². The van der Waals surface area contributed by atoms with E-state index in [9.17, 15) is 0 Å². The van der Waals surface area contributed by atoms with Crippen molar-refractivity contribution in [1.82, 2.24) is 9.55 Å². The standard InChI is InChI=1S/C62H42N4/c1-3-17-49(18-4-1)65-57-25-13-11-23-55(57)63-61(65)44-32-28-42(29-33-44)59-51-21-9-10-22-52(51)60(54-40-48(37-38-53(54)59)47-36-27-41-15-7-8-16-46(41)39-47)43-30-34-45(35-31-43)62-64-56-24-12-14-26-58(56)66(62)50-19-5-2-6-20-50/h1-40,55,57H. The highest BCUT2D eigenvalue weighted by atomic mass is 15.3. The second-order valence-electron chi connectivity index (χ2n) is 17.3. The number of para-hydroxylation sites is 4. The van der Waals surface area contributed by atoms with Crippen molar-refractivity contribution in [1.29, 1.82) is 0 Å². The minimum atomic E-state index is 0.0708. The molecule has 2 atom stereocenters. The molecule has 4 nitrogen and oxygen atoms in total. The van der Waals surface area contributed by atoms with E-state index in [0.29, 0.717) is 0 Å². The molecule has 0 amide bonds. The van der Waals surface area contributed by atoms with Crippen molar-refractivity contribution in [3.05, 3.63) is 248 Å². The van der Waals surface area contributed by atoms with Gasteiger partial charge in [0, 0.05) is 22.5 Å². The van der Waals surface area contributed by atoms with E-state index < -0.39 is 0 Å². The molecule has 0 saturated carbocycles. The zero-order valence-electron chi connectivity index (χ0n) is 36.0. The third-order valence-electron chi connectivity index (χ3n) is 13.5. The number of amidine groups is 1. The lowest BCUT2D eigenvalue weighted by Gasteiger charge is -2.29. The van der Waals surface area contributed by atoms with Gasteiger partial charge in [0.2, 0.25) is 0 Å². The van der Waals surface area contributed by atoms with Crippen LogP contribution in [0.25, 0.3) is 93.8 Å². The predicted molar refractivity (Wildman–Crippen MR) is 277 cm³/mol. The summed E-state index contributed by atoms with van der Waals surface area (Å²) in [6.07, 6.45) is 8.73. The Kier molecular flexibility index (Phi) is 8.95. The van der Waals surface area contributed by atoms with Crippen molar-refractivity contribution in [3.63, 3.8) is 0 Å². The van der Waals surface area contributed by atoms with Crippen LogP contribution in [0.4, 0.5) is 5.69 Å². The normalized spacial score (nSPS) is 15.5. The molecule has 2 unspecified atom stereocenters. The summed E-state index contributed by atoms with van der Waals surface area (Å²) in [5.74, 6) is 1.91. The number of allylic oxidation sites excluding steroid dienone is 2. The average molecular weight is 843 g/mol. The molecule has 0 bridgehead atoms. The van der Waals surface area contributed by atoms with E-state index in [0.717, 1.165) is 50.8 Å². The Bertz CT molecular complexity index is 3750. The number of nitrogens with zero attached hydrogens (tertiary/aromatic N) is 4. The number of hydrogen-bond donors (Lipinski definition) is 0. The molecular formula is C62H42N4. The molecule has 0 spiro atoms. The molecule has 66 heavy (non-hydrogen) atoms. The summed E-state index contributed by atoms with van der Waals surface area (Å²) in [4.78, 5) is 12.9. The van der Waals surface area contributed by atoms with Gasteiger partial charge in [-0.3, -0.25) is 9.56 Å². The van der Waals surface area contributed by atoms with Gasteiger partial charge in [-0.05, 0) is 114 Å². The van der Waals surface area contributed by atoms with Gasteiger partial charge in [0.15, 0.2) is 0 Å². The Morgan fingerprint density at radius 1 is 0.379 bits per heavy atom. The first kappa shape index (κ1) is 37.9. The van der Waals surface area contributed by atoms with Crippen LogP contribution in [0.3, 0.4) is 0 Å². The molecule has 11 aromatic rings. The van der Waals surface area contributed by atoms with Gasteiger partial charge in [0.1, 0.15) is 11.7 Å². The average Bonchev–Trinajstić information content (AvgIpc) is 3.98. The maximum absolute atomic E-state index is 5.30. The molecule has 10 aromatic carbocycles. The molecule has 0 radical (unpaired) electrons. The van der Waals surface area contributed by atoms with Crippen molar-refractivity contribution in [2.24, 2.45) is 4.99 Å². The number of hydrogen-bond acceptors (Lipinski definition) is 3. The smallest absolute Gasteiger partial charge is 0.145 e. The van der Waals surface area contributed by atoms with Crippen molar-refractivity contribution in [2.45, 2.75) is 12.1 Å². The number of aliphatic imine (C=N–C) groups is 1. The highest BCUT2D eigenvalue weighted by Crippen LogP contribution is 2.46. The van der Waals surface area contributed by atoms with Crippen LogP contribution in [0.5, 0.6) is 0 Å². The fourth-order valence-electron chi connectivity index (χ4n) is 10.4. The lowest BCUT2D eigenvalue weighted by molar-refractivity contribution is 0.739. The van der Waals surface area contributed by atoms with Crippen molar-refractivity contribution < 1.29 is 0 Å². The molecule has 1 aliphatic carbocycles. The van der Waals surface area contributed by atoms with Crippen LogP contribution < -0.4 is 4.90 Å². The van der Waals surface area contributed by atoms with E-state index >= 15 is 0 Å². The Morgan fingerprint density at radius 2 is 0.924 bits per heavy atom. The highest BCUT2D eigenvalue weighted by molar-refractivity contribution is 6.22. The number of fused-ring (bicyclic) bond motifs is 5. The second kappa shape index (κ2) is 15.6. The Labute approximate surface area is 383 Å². The van der Waals surface area contributed by atoms with Gasteiger partial charge in [-0.2, -0.15) is 0 Å². The van der Waals surface area contributed by atoms with Gasteiger partial charge < -0.3 is 4.90 Å². The minimum Gasteiger partial charge on any atom is -0.317 e. The van der Waals surface area contributed by atoms with Crippen LogP contribution in [-0.4, -0.2) is 27.5 Å². The molecule has 2 heterocycles. The van der Waals surface area contributed by atoms with E-state index in [1.54, 1.807) is 0 Å². The van der Waals surface area contributed by atoms with E-state index in [4.69, 9.17) is 9.98 Å². The molecule has 310 valence electrons. The topological polar surface area (TPSA) is 33.4 Å². The third kappa shape index (κ3) is 6.29. The van der Waals surface area contributed by atoms with Gasteiger partial charge in [0.05, 0.1) is 23.1 Å². The molecule has 13 rings (SSSR count). The Hall–Kier alpha value is -8.60. The van der Waals surface area contributed by atoms with E-state index in [1.165, 1.54) is 60.1 Å². The largest absolute Gasteiger partial charge is 0.317 e. The van der Waals surface area contributed by atoms with Crippen molar-refractivity contribution >= 4 is 54.9 Å². The summed E-state index contributed by atoms with van der Waals surface area (Å²) in [5, 5.41) is 7.31. The monoisotopic (exact) mass is 842 g/mol. The molecular weight excluding hydrogens is 801 g/mol. The predicted octanol–water partition coefficient (Wildman–Crippen LogP) is 15.3. The minimum absolute atomic E-state index is 0.0708. The van der Waals surface area contributed by atoms with E-state index in [1.807, 2.05) is 0 Å². The summed E-state index contributed by atoms with van der Waals surface area (Å²) in [5.41, 5.74) is 13.6. The summed E-state index contributed by atoms with van der Waals surface area (Å²) in [6.45, 7) is 0. The first-order chi connectivity index (χ1) is 32.7.